The number of hydrogen-bond acceptors (Lipinski definition) is 5. The maximum Gasteiger partial charge on any atom is 0.326 e. The van der Waals surface area contributed by atoms with Gasteiger partial charge in [-0.1, -0.05) is 19.0 Å². The third-order valence-electron chi connectivity index (χ3n) is 3.56. The van der Waals surface area contributed by atoms with Crippen LogP contribution >= 0.6 is 0 Å². The molecule has 7 heteroatoms. The van der Waals surface area contributed by atoms with Crippen molar-refractivity contribution in [2.24, 2.45) is 5.92 Å². The van der Waals surface area contributed by atoms with Crippen LogP contribution in [0.2, 0.25) is 0 Å². The van der Waals surface area contributed by atoms with Gasteiger partial charge < -0.3 is 19.7 Å². The molecule has 0 aromatic carbocycles. The van der Waals surface area contributed by atoms with Crippen LogP contribution in [0.4, 0.5) is 0 Å². The Balaban J connectivity index is 2.04. The molecule has 1 aromatic rings. The van der Waals surface area contributed by atoms with E-state index in [4.69, 9.17) is 9.26 Å². The normalized spacial score (nSPS) is 20.2. The number of hydrogen-bond donors (Lipinski definition) is 2. The first kappa shape index (κ1) is 15.5. The van der Waals surface area contributed by atoms with E-state index in [-0.39, 0.29) is 17.6 Å². The van der Waals surface area contributed by atoms with Gasteiger partial charge in [-0.05, 0) is 18.8 Å². The van der Waals surface area contributed by atoms with E-state index in [0.29, 0.717) is 25.3 Å². The zero-order valence-electron chi connectivity index (χ0n) is 12.2. The summed E-state index contributed by atoms with van der Waals surface area (Å²) < 4.78 is 10.3. The van der Waals surface area contributed by atoms with Crippen molar-refractivity contribution in [2.75, 3.05) is 13.2 Å². The largest absolute Gasteiger partial charge is 0.480 e. The van der Waals surface area contributed by atoms with Crippen LogP contribution < -0.4 is 5.32 Å². The Bertz CT molecular complexity index is 505. The molecule has 116 valence electrons. The van der Waals surface area contributed by atoms with Crippen LogP contribution in [0.15, 0.2) is 10.6 Å². The first-order chi connectivity index (χ1) is 9.99. The van der Waals surface area contributed by atoms with Gasteiger partial charge in [0.25, 0.3) is 5.91 Å². The average molecular weight is 296 g/mol. The first-order valence-electron chi connectivity index (χ1n) is 7.07. The van der Waals surface area contributed by atoms with Gasteiger partial charge in [0.2, 0.25) is 5.76 Å². The Morgan fingerprint density at radius 3 is 2.76 bits per heavy atom. The van der Waals surface area contributed by atoms with Gasteiger partial charge in [0, 0.05) is 18.6 Å². The zero-order valence-corrected chi connectivity index (χ0v) is 12.2. The minimum Gasteiger partial charge on any atom is -0.480 e. The molecule has 1 aromatic heterocycles. The minimum atomic E-state index is -1.07. The maximum atomic E-state index is 12.1. The number of carbonyl (C=O) groups is 2. The number of nitrogens with zero attached hydrogens (tertiary/aromatic N) is 1. The van der Waals surface area contributed by atoms with E-state index in [0.717, 1.165) is 6.42 Å². The molecule has 2 N–H and O–H groups in total. The van der Waals surface area contributed by atoms with Crippen LogP contribution in [-0.2, 0) is 9.53 Å². The van der Waals surface area contributed by atoms with Crippen molar-refractivity contribution in [3.63, 3.8) is 0 Å². The fourth-order valence-corrected chi connectivity index (χ4v) is 2.29. The van der Waals surface area contributed by atoms with Gasteiger partial charge in [-0.25, -0.2) is 4.79 Å². The Labute approximate surface area is 122 Å². The lowest BCUT2D eigenvalue weighted by molar-refractivity contribution is -0.142. The van der Waals surface area contributed by atoms with Crippen molar-refractivity contribution < 1.29 is 24.0 Å². The summed E-state index contributed by atoms with van der Waals surface area (Å²) in [6.45, 7) is 4.83. The molecule has 0 aliphatic carbocycles. The third kappa shape index (κ3) is 3.81. The van der Waals surface area contributed by atoms with Crippen molar-refractivity contribution in [1.29, 1.82) is 0 Å². The summed E-state index contributed by atoms with van der Waals surface area (Å²) in [4.78, 5) is 23.5. The molecule has 1 saturated heterocycles. The molecular weight excluding hydrogens is 276 g/mol. The van der Waals surface area contributed by atoms with Crippen LogP contribution in [0.1, 0.15) is 48.9 Å². The van der Waals surface area contributed by atoms with Crippen molar-refractivity contribution in [2.45, 2.75) is 38.6 Å². The molecule has 1 fully saturated rings. The molecule has 7 nitrogen and oxygen atoms in total. The average Bonchev–Trinajstić information content (AvgIpc) is 2.95. The number of nitrogens with one attached hydrogen (secondary N) is 1. The molecule has 0 saturated carbocycles. The van der Waals surface area contributed by atoms with Crippen molar-refractivity contribution in [1.82, 2.24) is 10.5 Å². The lowest BCUT2D eigenvalue weighted by atomic mass is 9.93. The molecule has 0 radical (unpaired) electrons. The molecule has 2 heterocycles. The van der Waals surface area contributed by atoms with Gasteiger partial charge in [0.05, 0.1) is 12.3 Å². The maximum absolute atomic E-state index is 12.1. The Morgan fingerprint density at radius 2 is 2.24 bits per heavy atom. The zero-order chi connectivity index (χ0) is 15.4. The summed E-state index contributed by atoms with van der Waals surface area (Å²) in [5, 5.41) is 15.6. The number of amides is 1. The van der Waals surface area contributed by atoms with Gasteiger partial charge in [-0.3, -0.25) is 4.79 Å². The molecule has 0 spiro atoms. The number of carbonyl (C=O) groups excluding carboxylic acids is 1. The second-order valence-electron chi connectivity index (χ2n) is 5.54. The standard InChI is InChI=1S/C14H20N2O5/c1-8(2)10-6-11(21-16-10)13(17)15-12(14(18)19)9-4-3-5-20-7-9/h6,8-9,12H,3-5,7H2,1-2H3,(H,15,17)(H,18,19). The van der Waals surface area contributed by atoms with Crippen molar-refractivity contribution in [3.05, 3.63) is 17.5 Å². The number of carboxylic acid groups (broad SMARTS) is 1. The fourth-order valence-electron chi connectivity index (χ4n) is 2.29. The van der Waals surface area contributed by atoms with E-state index in [1.54, 1.807) is 0 Å². The third-order valence-corrected chi connectivity index (χ3v) is 3.56. The molecule has 1 amide bonds. The minimum absolute atomic E-state index is 0.0293. The lowest BCUT2D eigenvalue weighted by Crippen LogP contribution is -2.48. The monoisotopic (exact) mass is 296 g/mol. The molecule has 2 unspecified atom stereocenters. The molecule has 2 atom stereocenters. The van der Waals surface area contributed by atoms with Crippen molar-refractivity contribution in [3.8, 4) is 0 Å². The Morgan fingerprint density at radius 1 is 1.48 bits per heavy atom. The summed E-state index contributed by atoms with van der Waals surface area (Å²) in [6.07, 6.45) is 1.51. The number of carboxylic acids is 1. The highest BCUT2D eigenvalue weighted by Crippen LogP contribution is 2.19. The highest BCUT2D eigenvalue weighted by atomic mass is 16.5. The second-order valence-corrected chi connectivity index (χ2v) is 5.54. The molecular formula is C14H20N2O5. The van der Waals surface area contributed by atoms with Gasteiger partial charge >= 0.3 is 5.97 Å². The summed E-state index contributed by atoms with van der Waals surface area (Å²) in [5.41, 5.74) is 0.660. The first-order valence-corrected chi connectivity index (χ1v) is 7.07. The van der Waals surface area contributed by atoms with Crippen LogP contribution in [0.5, 0.6) is 0 Å². The Hall–Kier alpha value is -1.89. The van der Waals surface area contributed by atoms with Crippen LogP contribution in [0.3, 0.4) is 0 Å². The SMILES string of the molecule is CC(C)c1cc(C(=O)NC(C(=O)O)C2CCCOC2)on1. The Kier molecular flexibility index (Phi) is 4.95. The molecule has 0 bridgehead atoms. The number of aliphatic carboxylic acids is 1. The van der Waals surface area contributed by atoms with E-state index < -0.39 is 17.9 Å². The molecule has 21 heavy (non-hydrogen) atoms. The van der Waals surface area contributed by atoms with E-state index >= 15 is 0 Å². The number of aromatic nitrogens is 1. The lowest BCUT2D eigenvalue weighted by Gasteiger charge is -2.27. The predicted molar refractivity (Wildman–Crippen MR) is 73.0 cm³/mol. The van der Waals surface area contributed by atoms with Gasteiger partial charge in [0.15, 0.2) is 0 Å². The van der Waals surface area contributed by atoms with Crippen LogP contribution in [0.25, 0.3) is 0 Å². The quantitative estimate of drug-likeness (QED) is 0.851. The smallest absolute Gasteiger partial charge is 0.326 e. The van der Waals surface area contributed by atoms with E-state index in [2.05, 4.69) is 10.5 Å². The van der Waals surface area contributed by atoms with E-state index in [9.17, 15) is 14.7 Å². The predicted octanol–water partition coefficient (Wildman–Crippen LogP) is 1.41. The van der Waals surface area contributed by atoms with Crippen molar-refractivity contribution >= 4 is 11.9 Å². The van der Waals surface area contributed by atoms with Crippen LogP contribution in [-0.4, -0.2) is 41.4 Å². The second kappa shape index (κ2) is 6.71. The highest BCUT2D eigenvalue weighted by Gasteiger charge is 2.32. The van der Waals surface area contributed by atoms with E-state index in [1.165, 1.54) is 6.07 Å². The van der Waals surface area contributed by atoms with E-state index in [1.807, 2.05) is 13.8 Å². The molecule has 1 aliphatic rings. The summed E-state index contributed by atoms with van der Waals surface area (Å²) in [5.74, 6) is -1.69. The topological polar surface area (TPSA) is 102 Å². The van der Waals surface area contributed by atoms with Gasteiger partial charge in [-0.2, -0.15) is 0 Å². The molecule has 2 rings (SSSR count). The highest BCUT2D eigenvalue weighted by molar-refractivity contribution is 5.94. The number of rotatable bonds is 5. The van der Waals surface area contributed by atoms with Gasteiger partial charge in [0.1, 0.15) is 6.04 Å². The number of ether oxygens (including phenoxy) is 1. The molecule has 1 aliphatic heterocycles. The summed E-state index contributed by atoms with van der Waals surface area (Å²) >= 11 is 0. The summed E-state index contributed by atoms with van der Waals surface area (Å²) in [6, 6.07) is 0.557. The van der Waals surface area contributed by atoms with Crippen LogP contribution in [0, 0.1) is 5.92 Å². The van der Waals surface area contributed by atoms with Gasteiger partial charge in [-0.15, -0.1) is 0 Å². The fraction of sp³-hybridized carbons (Fsp3) is 0.643. The summed E-state index contributed by atoms with van der Waals surface area (Å²) in [7, 11) is 0.